The van der Waals surface area contributed by atoms with Gasteiger partial charge in [0.1, 0.15) is 11.9 Å². The van der Waals surface area contributed by atoms with Crippen molar-refractivity contribution < 1.29 is 23.8 Å². The summed E-state index contributed by atoms with van der Waals surface area (Å²) in [6, 6.07) is 7.79. The van der Waals surface area contributed by atoms with Gasteiger partial charge in [-0.2, -0.15) is 15.1 Å². The summed E-state index contributed by atoms with van der Waals surface area (Å²) >= 11 is 6.45. The van der Waals surface area contributed by atoms with E-state index in [2.05, 4.69) is 26.5 Å². The second kappa shape index (κ2) is 9.67. The second-order valence-corrected chi connectivity index (χ2v) is 10.3. The summed E-state index contributed by atoms with van der Waals surface area (Å²) in [6.07, 6.45) is 4.89. The van der Waals surface area contributed by atoms with Gasteiger partial charge < -0.3 is 19.1 Å². The van der Waals surface area contributed by atoms with E-state index in [1.807, 2.05) is 0 Å². The first-order chi connectivity index (χ1) is 18.4. The zero-order valence-corrected chi connectivity index (χ0v) is 21.9. The predicted molar refractivity (Wildman–Crippen MR) is 139 cm³/mol. The van der Waals surface area contributed by atoms with Crippen LogP contribution >= 0.6 is 11.6 Å². The summed E-state index contributed by atoms with van der Waals surface area (Å²) in [7, 11) is 1.32. The molecule has 6 rings (SSSR count). The summed E-state index contributed by atoms with van der Waals surface area (Å²) in [5, 5.41) is 5.47. The highest BCUT2D eigenvalue weighted by molar-refractivity contribution is 6.28. The van der Waals surface area contributed by atoms with Gasteiger partial charge in [0.05, 0.1) is 24.3 Å². The highest BCUT2D eigenvalue weighted by Crippen LogP contribution is 2.46. The number of nitrogens with zero attached hydrogens (tertiary/aromatic N) is 5. The van der Waals surface area contributed by atoms with Gasteiger partial charge in [-0.05, 0) is 55.3 Å². The number of piperidine rings is 1. The van der Waals surface area contributed by atoms with Gasteiger partial charge in [0.15, 0.2) is 18.0 Å². The minimum absolute atomic E-state index is 0.104. The average molecular weight is 538 g/mol. The SMILES string of the molecule is C=C1[C@H](c2ccccc2C(=O)OC)O[C@@H](n2ncc3c(N4C5CCCC4CC5)nc(Cl)nc32)[C@@H]1OC(C)=O. The molecule has 0 amide bonds. The van der Waals surface area contributed by atoms with Crippen LogP contribution in [0.15, 0.2) is 42.6 Å². The van der Waals surface area contributed by atoms with Crippen LogP contribution in [0.1, 0.15) is 67.3 Å². The normalized spacial score (nSPS) is 26.7. The molecule has 38 heavy (non-hydrogen) atoms. The third-order valence-electron chi connectivity index (χ3n) is 7.76. The van der Waals surface area contributed by atoms with Crippen molar-refractivity contribution in [3.05, 3.63) is 59.0 Å². The van der Waals surface area contributed by atoms with Gasteiger partial charge in [0.25, 0.3) is 0 Å². The molecule has 198 valence electrons. The fourth-order valence-corrected chi connectivity index (χ4v) is 6.31. The largest absolute Gasteiger partial charge is 0.465 e. The summed E-state index contributed by atoms with van der Waals surface area (Å²) in [4.78, 5) is 36.1. The number of carbonyl (C=O) groups excluding carboxylic acids is 2. The van der Waals surface area contributed by atoms with Crippen LogP contribution in [0.4, 0.5) is 5.82 Å². The molecule has 1 aromatic carbocycles. The number of rotatable bonds is 5. The standard InChI is InChI=1S/C27H28ClN5O5/c1-14-21(18-9-4-5-10-19(18)26(35)36-3)38-25(22(14)37-15(2)34)33-24-20(13-29-33)23(30-27(28)31-24)32-16-7-6-8-17(32)12-11-16/h4-5,9-10,13,16-17,21-22,25H,1,6-8,11-12H2,2-3H3/t16?,17?,21-,22-,25-/m1/s1. The summed E-state index contributed by atoms with van der Waals surface area (Å²) in [6.45, 7) is 5.51. The van der Waals surface area contributed by atoms with Crippen LogP contribution in [0, 0.1) is 0 Å². The highest BCUT2D eigenvalue weighted by Gasteiger charge is 2.46. The quantitative estimate of drug-likeness (QED) is 0.263. The zero-order valence-electron chi connectivity index (χ0n) is 21.2. The first-order valence-corrected chi connectivity index (χ1v) is 13.1. The molecule has 0 saturated carbocycles. The molecular formula is C27H28ClN5O5. The van der Waals surface area contributed by atoms with Crippen LogP contribution in [-0.4, -0.2) is 57.0 Å². The van der Waals surface area contributed by atoms with Gasteiger partial charge in [0.2, 0.25) is 5.28 Å². The van der Waals surface area contributed by atoms with Gasteiger partial charge in [-0.3, -0.25) is 4.79 Å². The lowest BCUT2D eigenvalue weighted by Gasteiger charge is -2.36. The highest BCUT2D eigenvalue weighted by atomic mass is 35.5. The van der Waals surface area contributed by atoms with Gasteiger partial charge >= 0.3 is 11.9 Å². The van der Waals surface area contributed by atoms with Crippen molar-refractivity contribution in [2.75, 3.05) is 12.0 Å². The first kappa shape index (κ1) is 24.8. The summed E-state index contributed by atoms with van der Waals surface area (Å²) in [5.74, 6) is -0.234. The number of aromatic nitrogens is 4. The maximum Gasteiger partial charge on any atom is 0.338 e. The van der Waals surface area contributed by atoms with Crippen LogP contribution in [0.2, 0.25) is 5.28 Å². The Bertz CT molecular complexity index is 1420. The first-order valence-electron chi connectivity index (χ1n) is 12.7. The number of benzene rings is 1. The molecule has 3 aliphatic rings. The van der Waals surface area contributed by atoms with E-state index in [1.54, 1.807) is 35.1 Å². The number of hydrogen-bond donors (Lipinski definition) is 0. The molecule has 3 saturated heterocycles. The number of anilines is 1. The monoisotopic (exact) mass is 537 g/mol. The smallest absolute Gasteiger partial charge is 0.338 e. The van der Waals surface area contributed by atoms with E-state index in [9.17, 15) is 9.59 Å². The minimum Gasteiger partial charge on any atom is -0.465 e. The summed E-state index contributed by atoms with van der Waals surface area (Å²) < 4.78 is 18.7. The molecule has 11 heteroatoms. The molecule has 10 nitrogen and oxygen atoms in total. The maximum atomic E-state index is 12.5. The van der Waals surface area contributed by atoms with Crippen molar-refractivity contribution in [1.29, 1.82) is 0 Å². The van der Waals surface area contributed by atoms with Crippen LogP contribution in [0.25, 0.3) is 11.0 Å². The molecule has 3 aliphatic heterocycles. The van der Waals surface area contributed by atoms with E-state index in [0.29, 0.717) is 34.4 Å². The van der Waals surface area contributed by atoms with Crippen LogP contribution in [0.3, 0.4) is 0 Å². The fraction of sp³-hybridized carbons (Fsp3) is 0.444. The molecule has 2 unspecified atom stereocenters. The third kappa shape index (κ3) is 4.03. The molecule has 0 radical (unpaired) electrons. The molecule has 0 aliphatic carbocycles. The Morgan fingerprint density at radius 1 is 1.13 bits per heavy atom. The molecule has 2 bridgehead atoms. The van der Waals surface area contributed by atoms with E-state index >= 15 is 0 Å². The van der Waals surface area contributed by atoms with Crippen molar-refractivity contribution in [3.8, 4) is 0 Å². The topological polar surface area (TPSA) is 109 Å². The average Bonchev–Trinajstić information content (AvgIpc) is 3.54. The van der Waals surface area contributed by atoms with Crippen LogP contribution in [-0.2, 0) is 19.0 Å². The lowest BCUT2D eigenvalue weighted by atomic mass is 9.96. The van der Waals surface area contributed by atoms with E-state index in [0.717, 1.165) is 36.9 Å². The van der Waals surface area contributed by atoms with E-state index in [1.165, 1.54) is 20.5 Å². The predicted octanol–water partition coefficient (Wildman–Crippen LogP) is 4.55. The van der Waals surface area contributed by atoms with Crippen molar-refractivity contribution in [2.45, 2.75) is 69.5 Å². The van der Waals surface area contributed by atoms with Crippen molar-refractivity contribution in [1.82, 2.24) is 19.7 Å². The fourth-order valence-electron chi connectivity index (χ4n) is 6.15. The molecule has 3 aromatic rings. The second-order valence-electron chi connectivity index (χ2n) is 9.96. The number of fused-ring (bicyclic) bond motifs is 3. The van der Waals surface area contributed by atoms with Crippen molar-refractivity contribution in [3.63, 3.8) is 0 Å². The van der Waals surface area contributed by atoms with Gasteiger partial charge in [0, 0.05) is 24.6 Å². The Labute approximate surface area is 224 Å². The Morgan fingerprint density at radius 3 is 2.58 bits per heavy atom. The Balaban J connectivity index is 1.43. The molecule has 0 spiro atoms. The molecule has 2 aromatic heterocycles. The van der Waals surface area contributed by atoms with Gasteiger partial charge in [-0.25, -0.2) is 9.48 Å². The van der Waals surface area contributed by atoms with Crippen molar-refractivity contribution >= 4 is 40.4 Å². The molecule has 3 fully saturated rings. The lowest BCUT2D eigenvalue weighted by Crippen LogP contribution is -2.40. The van der Waals surface area contributed by atoms with E-state index < -0.39 is 30.4 Å². The Morgan fingerprint density at radius 2 is 1.87 bits per heavy atom. The zero-order chi connectivity index (χ0) is 26.6. The van der Waals surface area contributed by atoms with Crippen molar-refractivity contribution in [2.24, 2.45) is 0 Å². The Kier molecular flexibility index (Phi) is 6.31. The van der Waals surface area contributed by atoms with E-state index in [-0.39, 0.29) is 5.28 Å². The molecular weight excluding hydrogens is 510 g/mol. The van der Waals surface area contributed by atoms with Gasteiger partial charge in [-0.1, -0.05) is 24.8 Å². The van der Waals surface area contributed by atoms with Crippen LogP contribution in [0.5, 0.6) is 0 Å². The summed E-state index contributed by atoms with van der Waals surface area (Å²) in [5.41, 5.74) is 1.84. The maximum absolute atomic E-state index is 12.5. The number of hydrogen-bond acceptors (Lipinski definition) is 9. The number of ether oxygens (including phenoxy) is 3. The molecule has 0 N–H and O–H groups in total. The minimum atomic E-state index is -0.892. The lowest BCUT2D eigenvalue weighted by molar-refractivity contribution is -0.151. The van der Waals surface area contributed by atoms with Gasteiger partial charge in [-0.15, -0.1) is 0 Å². The molecule has 5 heterocycles. The number of halogens is 1. The Hall–Kier alpha value is -3.50. The number of esters is 2. The van der Waals surface area contributed by atoms with E-state index in [4.69, 9.17) is 25.8 Å². The number of carbonyl (C=O) groups is 2. The molecule has 5 atom stereocenters. The van der Waals surface area contributed by atoms with Crippen LogP contribution < -0.4 is 4.90 Å². The third-order valence-corrected chi connectivity index (χ3v) is 7.93. The number of methoxy groups -OCH3 is 1.